The van der Waals surface area contributed by atoms with E-state index >= 15 is 0 Å². The molecule has 0 aromatic carbocycles. The molecule has 4 aliphatic carbocycles. The van der Waals surface area contributed by atoms with Gasteiger partial charge in [0.25, 0.3) is 0 Å². The van der Waals surface area contributed by atoms with Crippen molar-refractivity contribution >= 4 is 5.97 Å². The first-order chi connectivity index (χ1) is 15.4. The quantitative estimate of drug-likeness (QED) is 0.407. The molecule has 0 aliphatic heterocycles. The predicted octanol–water partition coefficient (Wildman–Crippen LogP) is 1.81. The van der Waals surface area contributed by atoms with E-state index in [1.165, 1.54) is 0 Å². The van der Waals surface area contributed by atoms with Gasteiger partial charge in [-0.15, -0.1) is 0 Å². The van der Waals surface area contributed by atoms with E-state index in [1.807, 2.05) is 13.0 Å². The summed E-state index contributed by atoms with van der Waals surface area (Å²) in [5, 5.41) is 46.0. The zero-order chi connectivity index (χ0) is 24.1. The number of aliphatic hydroxyl groups is 4. The molecule has 0 saturated heterocycles. The third-order valence-electron chi connectivity index (χ3n) is 9.54. The molecule has 2 fully saturated rings. The van der Waals surface area contributed by atoms with Gasteiger partial charge in [-0.2, -0.15) is 0 Å². The molecule has 33 heavy (non-hydrogen) atoms. The summed E-state index contributed by atoms with van der Waals surface area (Å²) >= 11 is 0. The molecule has 2 saturated carbocycles. The van der Waals surface area contributed by atoms with Gasteiger partial charge < -0.3 is 29.7 Å². The van der Waals surface area contributed by atoms with Gasteiger partial charge in [0, 0.05) is 19.2 Å². The Kier molecular flexibility index (Phi) is 4.87. The van der Waals surface area contributed by atoms with Gasteiger partial charge in [-0.3, -0.25) is 0 Å². The van der Waals surface area contributed by atoms with Crippen molar-refractivity contribution in [3.05, 3.63) is 47.3 Å². The standard InChI is InChI=1S/C26H35NO6/c1-13-11-25-14(2)9-17-19(24(17,3)4)16(21(25)30)10-15(12-28)20(29)26(25,32)22(13)33-23(31)18-7-6-8-27(18)5/h6-8,10-11,14,16-17,19-22,28-30,32H,9,12H2,1-5H3/t14-,16+,17-,19+,20-,21?,22+,25+,26+/m1/s1. The van der Waals surface area contributed by atoms with Crippen molar-refractivity contribution in [3.8, 4) is 0 Å². The van der Waals surface area contributed by atoms with Crippen LogP contribution in [0.2, 0.25) is 0 Å². The Morgan fingerprint density at radius 1 is 1.30 bits per heavy atom. The molecule has 5 rings (SSSR count). The van der Waals surface area contributed by atoms with Crippen molar-refractivity contribution in [2.75, 3.05) is 6.61 Å². The molecule has 2 bridgehead atoms. The van der Waals surface area contributed by atoms with Crippen LogP contribution in [0, 0.1) is 34.5 Å². The number of fused-ring (bicyclic) bond motifs is 3. The van der Waals surface area contributed by atoms with Crippen LogP contribution in [0.15, 0.2) is 41.6 Å². The van der Waals surface area contributed by atoms with E-state index < -0.39 is 41.9 Å². The van der Waals surface area contributed by atoms with Crippen LogP contribution in [0.4, 0.5) is 0 Å². The second kappa shape index (κ2) is 7.04. The Bertz CT molecular complexity index is 1050. The number of carbonyl (C=O) groups is 1. The lowest BCUT2D eigenvalue weighted by molar-refractivity contribution is -0.215. The summed E-state index contributed by atoms with van der Waals surface area (Å²) in [5.41, 5.74) is -2.02. The largest absolute Gasteiger partial charge is 0.450 e. The number of hydrogen-bond donors (Lipinski definition) is 4. The van der Waals surface area contributed by atoms with Gasteiger partial charge in [-0.25, -0.2) is 4.79 Å². The molecule has 1 heterocycles. The van der Waals surface area contributed by atoms with Gasteiger partial charge in [-0.1, -0.05) is 32.9 Å². The Hall–Kier alpha value is -1.93. The summed E-state index contributed by atoms with van der Waals surface area (Å²) in [6.07, 6.45) is 2.47. The van der Waals surface area contributed by atoms with Crippen molar-refractivity contribution in [2.24, 2.45) is 41.5 Å². The molecule has 1 spiro atoms. The lowest BCUT2D eigenvalue weighted by Crippen LogP contribution is -2.66. The van der Waals surface area contributed by atoms with Crippen LogP contribution in [0.25, 0.3) is 0 Å². The maximum Gasteiger partial charge on any atom is 0.355 e. The van der Waals surface area contributed by atoms with E-state index in [0.717, 1.165) is 6.42 Å². The fraction of sp³-hybridized carbons (Fsp3) is 0.654. The highest BCUT2D eigenvalue weighted by atomic mass is 16.6. The van der Waals surface area contributed by atoms with Gasteiger partial charge in [-0.05, 0) is 59.8 Å². The summed E-state index contributed by atoms with van der Waals surface area (Å²) in [4.78, 5) is 13.0. The molecule has 1 aromatic heterocycles. The van der Waals surface area contributed by atoms with Crippen molar-refractivity contribution in [1.29, 1.82) is 0 Å². The van der Waals surface area contributed by atoms with Gasteiger partial charge in [0.1, 0.15) is 17.4 Å². The third kappa shape index (κ3) is 2.68. The van der Waals surface area contributed by atoms with E-state index in [2.05, 4.69) is 13.8 Å². The third-order valence-corrected chi connectivity index (χ3v) is 9.54. The molecule has 4 aliphatic rings. The number of rotatable bonds is 3. The maximum absolute atomic E-state index is 13.0. The van der Waals surface area contributed by atoms with Crippen molar-refractivity contribution in [1.82, 2.24) is 4.57 Å². The smallest absolute Gasteiger partial charge is 0.355 e. The highest BCUT2D eigenvalue weighted by Gasteiger charge is 2.76. The van der Waals surface area contributed by atoms with Gasteiger partial charge >= 0.3 is 5.97 Å². The van der Waals surface area contributed by atoms with E-state index in [4.69, 9.17) is 4.74 Å². The van der Waals surface area contributed by atoms with E-state index in [1.54, 1.807) is 42.9 Å². The Labute approximate surface area is 194 Å². The first kappa shape index (κ1) is 22.8. The zero-order valence-electron chi connectivity index (χ0n) is 19.9. The highest BCUT2D eigenvalue weighted by molar-refractivity contribution is 5.88. The topological polar surface area (TPSA) is 112 Å². The molecule has 1 aromatic rings. The van der Waals surface area contributed by atoms with Gasteiger partial charge in [0.05, 0.1) is 18.1 Å². The molecule has 7 heteroatoms. The van der Waals surface area contributed by atoms with E-state index in [-0.39, 0.29) is 28.7 Å². The molecule has 0 amide bonds. The SMILES string of the molecule is CC1=C[C@]23C(O)[C@@H](C=C(CO)[C@@H](O)[C@]2(O)[C@H]1OC(=O)c1cccn1C)[C@H]1[C@@H](C[C@H]3C)C1(C)C. The summed E-state index contributed by atoms with van der Waals surface area (Å²) in [7, 11) is 1.73. The second-order valence-corrected chi connectivity index (χ2v) is 11.4. The van der Waals surface area contributed by atoms with Crippen LogP contribution in [0.3, 0.4) is 0 Å². The number of aromatic nitrogens is 1. The zero-order valence-corrected chi connectivity index (χ0v) is 19.9. The average Bonchev–Trinajstić information content (AvgIpc) is 3.02. The van der Waals surface area contributed by atoms with Crippen molar-refractivity contribution in [3.63, 3.8) is 0 Å². The van der Waals surface area contributed by atoms with Crippen LogP contribution in [0.1, 0.15) is 44.6 Å². The molecule has 1 unspecified atom stereocenters. The second-order valence-electron chi connectivity index (χ2n) is 11.4. The number of esters is 1. The average molecular weight is 458 g/mol. The van der Waals surface area contributed by atoms with Crippen molar-refractivity contribution in [2.45, 2.75) is 58.0 Å². The Morgan fingerprint density at radius 3 is 2.61 bits per heavy atom. The van der Waals surface area contributed by atoms with Gasteiger partial charge in [0.15, 0.2) is 6.10 Å². The molecular formula is C26H35NO6. The molecule has 7 nitrogen and oxygen atoms in total. The van der Waals surface area contributed by atoms with Crippen LogP contribution in [-0.2, 0) is 11.8 Å². The van der Waals surface area contributed by atoms with Gasteiger partial charge in [0.2, 0.25) is 0 Å². The normalized spacial score (nSPS) is 45.2. The monoisotopic (exact) mass is 457 g/mol. The number of carbonyl (C=O) groups excluding carboxylic acids is 1. The van der Waals surface area contributed by atoms with Crippen molar-refractivity contribution < 1.29 is 30.0 Å². The number of aryl methyl sites for hydroxylation is 1. The summed E-state index contributed by atoms with van der Waals surface area (Å²) in [6.45, 7) is 7.71. The minimum absolute atomic E-state index is 0.0295. The van der Waals surface area contributed by atoms with Crippen LogP contribution in [0.5, 0.6) is 0 Å². The number of aliphatic hydroxyl groups excluding tert-OH is 3. The number of nitrogens with zero attached hydrogens (tertiary/aromatic N) is 1. The number of ether oxygens (including phenoxy) is 1. The van der Waals surface area contributed by atoms with Crippen LogP contribution in [-0.4, -0.2) is 61.5 Å². The first-order valence-corrected chi connectivity index (χ1v) is 11.8. The van der Waals surface area contributed by atoms with E-state index in [0.29, 0.717) is 17.2 Å². The molecule has 4 N–H and O–H groups in total. The molecule has 180 valence electrons. The Balaban J connectivity index is 1.65. The summed E-state index contributed by atoms with van der Waals surface area (Å²) < 4.78 is 7.52. The first-order valence-electron chi connectivity index (χ1n) is 11.8. The molecule has 0 radical (unpaired) electrons. The minimum atomic E-state index is -2.01. The summed E-state index contributed by atoms with van der Waals surface area (Å²) in [5.74, 6) is -0.586. The fourth-order valence-corrected chi connectivity index (χ4v) is 7.74. The molecular weight excluding hydrogens is 422 g/mol. The highest BCUT2D eigenvalue weighted by Crippen LogP contribution is 2.72. The molecule has 9 atom stereocenters. The summed E-state index contributed by atoms with van der Waals surface area (Å²) in [6, 6.07) is 3.36. The lowest BCUT2D eigenvalue weighted by Gasteiger charge is -2.52. The maximum atomic E-state index is 13.0. The predicted molar refractivity (Wildman–Crippen MR) is 121 cm³/mol. The Morgan fingerprint density at radius 2 is 2.00 bits per heavy atom. The van der Waals surface area contributed by atoms with Crippen LogP contribution >= 0.6 is 0 Å². The van der Waals surface area contributed by atoms with Crippen LogP contribution < -0.4 is 0 Å². The van der Waals surface area contributed by atoms with E-state index in [9.17, 15) is 25.2 Å². The number of hydrogen-bond acceptors (Lipinski definition) is 6. The minimum Gasteiger partial charge on any atom is -0.450 e. The fourth-order valence-electron chi connectivity index (χ4n) is 7.74. The lowest BCUT2D eigenvalue weighted by atomic mass is 9.58.